The van der Waals surface area contributed by atoms with Crippen LogP contribution in [0.2, 0.25) is 0 Å². The molecule has 0 atom stereocenters. The normalized spacial score (nSPS) is 9.56. The lowest BCUT2D eigenvalue weighted by Crippen LogP contribution is -2.25. The zero-order valence-corrected chi connectivity index (χ0v) is 14.6. The number of carbonyl (C=O) groups excluding carboxylic acids is 1. The number of benzene rings is 2. The van der Waals surface area contributed by atoms with Gasteiger partial charge in [-0.2, -0.15) is 0 Å². The molecule has 2 aromatic carbocycles. The van der Waals surface area contributed by atoms with Gasteiger partial charge in [-0.1, -0.05) is 30.0 Å². The van der Waals surface area contributed by atoms with E-state index in [0.717, 1.165) is 11.1 Å². The lowest BCUT2D eigenvalue weighted by molar-refractivity contribution is -0.120. The van der Waals surface area contributed by atoms with E-state index in [1.807, 2.05) is 30.3 Å². The maximum Gasteiger partial charge on any atom is 0.225 e. The fourth-order valence-electron chi connectivity index (χ4n) is 2.30. The Kier molecular flexibility index (Phi) is 6.73. The Balaban J connectivity index is 1.97. The number of amides is 1. The maximum absolute atomic E-state index is 12.1. The van der Waals surface area contributed by atoms with Gasteiger partial charge in [-0.25, -0.2) is 0 Å². The Morgan fingerprint density at radius 3 is 2.20 bits per heavy atom. The van der Waals surface area contributed by atoms with Crippen LogP contribution in [0.1, 0.15) is 11.1 Å². The third-order valence-corrected chi connectivity index (χ3v) is 3.47. The molecule has 0 saturated carbocycles. The molecule has 0 aliphatic carbocycles. The van der Waals surface area contributed by atoms with Crippen LogP contribution < -0.4 is 19.5 Å². The standard InChI is InChI=1S/C20H21NO4/c1-23-17-12-16(13-18(24-2)20(17)25-3)14-19(22)21-11-7-10-15-8-5-4-6-9-15/h4-6,8-9,12-13H,11,14H2,1-3H3,(H,21,22). The molecule has 0 bridgehead atoms. The van der Waals surface area contributed by atoms with Crippen LogP contribution in [-0.2, 0) is 11.2 Å². The fraction of sp³-hybridized carbons (Fsp3) is 0.250. The summed E-state index contributed by atoms with van der Waals surface area (Å²) in [5.41, 5.74) is 1.68. The molecule has 5 nitrogen and oxygen atoms in total. The van der Waals surface area contributed by atoms with Gasteiger partial charge in [0.05, 0.1) is 34.3 Å². The zero-order valence-electron chi connectivity index (χ0n) is 14.6. The number of nitrogens with one attached hydrogen (secondary N) is 1. The van der Waals surface area contributed by atoms with E-state index >= 15 is 0 Å². The van der Waals surface area contributed by atoms with Gasteiger partial charge in [-0.3, -0.25) is 4.79 Å². The molecule has 0 fully saturated rings. The van der Waals surface area contributed by atoms with Crippen LogP contribution >= 0.6 is 0 Å². The third-order valence-electron chi connectivity index (χ3n) is 3.47. The number of rotatable bonds is 6. The largest absolute Gasteiger partial charge is 0.493 e. The molecule has 0 aliphatic heterocycles. The molecule has 0 heterocycles. The Labute approximate surface area is 147 Å². The highest BCUT2D eigenvalue weighted by Gasteiger charge is 2.14. The van der Waals surface area contributed by atoms with Gasteiger partial charge in [0.25, 0.3) is 0 Å². The summed E-state index contributed by atoms with van der Waals surface area (Å²) < 4.78 is 15.8. The first-order valence-corrected chi connectivity index (χ1v) is 7.77. The molecule has 5 heteroatoms. The first-order valence-electron chi connectivity index (χ1n) is 7.77. The topological polar surface area (TPSA) is 56.8 Å². The fourth-order valence-corrected chi connectivity index (χ4v) is 2.30. The molecule has 0 saturated heterocycles. The van der Waals surface area contributed by atoms with E-state index in [1.54, 1.807) is 26.4 Å². The molecule has 2 aromatic rings. The number of methoxy groups -OCH3 is 3. The van der Waals surface area contributed by atoms with Gasteiger partial charge in [-0.15, -0.1) is 0 Å². The summed E-state index contributed by atoms with van der Waals surface area (Å²) in [6.07, 6.45) is 0.198. The summed E-state index contributed by atoms with van der Waals surface area (Å²) >= 11 is 0. The Morgan fingerprint density at radius 2 is 1.64 bits per heavy atom. The van der Waals surface area contributed by atoms with E-state index in [-0.39, 0.29) is 18.9 Å². The lowest BCUT2D eigenvalue weighted by atomic mass is 10.1. The van der Waals surface area contributed by atoms with E-state index in [2.05, 4.69) is 17.2 Å². The summed E-state index contributed by atoms with van der Waals surface area (Å²) in [4.78, 5) is 12.1. The minimum Gasteiger partial charge on any atom is -0.493 e. The van der Waals surface area contributed by atoms with Crippen LogP contribution in [0.5, 0.6) is 17.2 Å². The van der Waals surface area contributed by atoms with Crippen LogP contribution in [-0.4, -0.2) is 33.8 Å². The predicted molar refractivity (Wildman–Crippen MR) is 96.1 cm³/mol. The van der Waals surface area contributed by atoms with Gasteiger partial charge in [0.15, 0.2) is 11.5 Å². The maximum atomic E-state index is 12.1. The van der Waals surface area contributed by atoms with Gasteiger partial charge >= 0.3 is 0 Å². The summed E-state index contributed by atoms with van der Waals surface area (Å²) in [6, 6.07) is 13.1. The quantitative estimate of drug-likeness (QED) is 0.821. The molecule has 0 unspecified atom stereocenters. The van der Waals surface area contributed by atoms with Crippen molar-refractivity contribution in [2.45, 2.75) is 6.42 Å². The second-order valence-corrected chi connectivity index (χ2v) is 5.15. The second-order valence-electron chi connectivity index (χ2n) is 5.15. The molecule has 1 amide bonds. The van der Waals surface area contributed by atoms with Gasteiger partial charge in [0.2, 0.25) is 11.7 Å². The number of ether oxygens (including phenoxy) is 3. The first kappa shape index (κ1) is 18.2. The number of hydrogen-bond acceptors (Lipinski definition) is 4. The molecule has 0 aliphatic rings. The average molecular weight is 339 g/mol. The van der Waals surface area contributed by atoms with E-state index < -0.39 is 0 Å². The zero-order chi connectivity index (χ0) is 18.1. The molecule has 25 heavy (non-hydrogen) atoms. The average Bonchev–Trinajstić information content (AvgIpc) is 2.65. The van der Waals surface area contributed by atoms with E-state index in [1.165, 1.54) is 7.11 Å². The second kappa shape index (κ2) is 9.24. The van der Waals surface area contributed by atoms with Gasteiger partial charge in [0, 0.05) is 5.56 Å². The molecular formula is C20H21NO4. The van der Waals surface area contributed by atoms with Crippen molar-refractivity contribution in [3.05, 3.63) is 53.6 Å². The van der Waals surface area contributed by atoms with Crippen molar-refractivity contribution in [1.29, 1.82) is 0 Å². The highest BCUT2D eigenvalue weighted by Crippen LogP contribution is 2.38. The number of hydrogen-bond donors (Lipinski definition) is 1. The van der Waals surface area contributed by atoms with Crippen LogP contribution in [0, 0.1) is 11.8 Å². The SMILES string of the molecule is COc1cc(CC(=O)NCC#Cc2ccccc2)cc(OC)c1OC. The van der Waals surface area contributed by atoms with Crippen molar-refractivity contribution in [3.63, 3.8) is 0 Å². The molecule has 0 spiro atoms. The summed E-state index contributed by atoms with van der Waals surface area (Å²) in [5.74, 6) is 7.34. The third kappa shape index (κ3) is 5.18. The predicted octanol–water partition coefficient (Wildman–Crippen LogP) is 2.42. The van der Waals surface area contributed by atoms with Crippen LogP contribution in [0.4, 0.5) is 0 Å². The summed E-state index contributed by atoms with van der Waals surface area (Å²) in [7, 11) is 4.62. The van der Waals surface area contributed by atoms with Gasteiger partial charge in [-0.05, 0) is 29.8 Å². The van der Waals surface area contributed by atoms with Crippen LogP contribution in [0.25, 0.3) is 0 Å². The molecule has 1 N–H and O–H groups in total. The minimum absolute atomic E-state index is 0.128. The lowest BCUT2D eigenvalue weighted by Gasteiger charge is -2.13. The van der Waals surface area contributed by atoms with Crippen molar-refractivity contribution in [2.24, 2.45) is 0 Å². The van der Waals surface area contributed by atoms with Crippen molar-refractivity contribution < 1.29 is 19.0 Å². The Morgan fingerprint density at radius 1 is 1.00 bits per heavy atom. The van der Waals surface area contributed by atoms with E-state index in [0.29, 0.717) is 17.2 Å². The molecule has 130 valence electrons. The van der Waals surface area contributed by atoms with Crippen LogP contribution in [0.3, 0.4) is 0 Å². The molecular weight excluding hydrogens is 318 g/mol. The molecule has 2 rings (SSSR count). The highest BCUT2D eigenvalue weighted by atomic mass is 16.5. The monoisotopic (exact) mass is 339 g/mol. The molecule has 0 aromatic heterocycles. The first-order chi connectivity index (χ1) is 12.2. The highest BCUT2D eigenvalue weighted by molar-refractivity contribution is 5.79. The van der Waals surface area contributed by atoms with Gasteiger partial charge < -0.3 is 19.5 Å². The van der Waals surface area contributed by atoms with Gasteiger partial charge in [0.1, 0.15) is 0 Å². The summed E-state index contributed by atoms with van der Waals surface area (Å²) in [5, 5.41) is 2.78. The summed E-state index contributed by atoms with van der Waals surface area (Å²) in [6.45, 7) is 0.290. The van der Waals surface area contributed by atoms with Crippen molar-refractivity contribution in [3.8, 4) is 29.1 Å². The van der Waals surface area contributed by atoms with E-state index in [4.69, 9.17) is 14.2 Å². The Hall–Kier alpha value is -3.13. The number of carbonyl (C=O) groups is 1. The Bertz CT molecular complexity index is 750. The van der Waals surface area contributed by atoms with Crippen molar-refractivity contribution >= 4 is 5.91 Å². The van der Waals surface area contributed by atoms with E-state index in [9.17, 15) is 4.79 Å². The molecule has 0 radical (unpaired) electrons. The van der Waals surface area contributed by atoms with Crippen molar-refractivity contribution in [2.75, 3.05) is 27.9 Å². The van der Waals surface area contributed by atoms with Crippen LogP contribution in [0.15, 0.2) is 42.5 Å². The van der Waals surface area contributed by atoms with Crippen molar-refractivity contribution in [1.82, 2.24) is 5.32 Å². The minimum atomic E-state index is -0.128. The smallest absolute Gasteiger partial charge is 0.225 e.